The van der Waals surface area contributed by atoms with E-state index in [1.807, 2.05) is 19.1 Å². The Hall–Kier alpha value is -2.27. The monoisotopic (exact) mass is 332 g/mol. The van der Waals surface area contributed by atoms with Crippen molar-refractivity contribution in [3.63, 3.8) is 0 Å². The van der Waals surface area contributed by atoms with Crippen LogP contribution in [0.5, 0.6) is 0 Å². The number of hydrogen-bond donors (Lipinski definition) is 1. The molecular formula is C17H17ClN2O3. The van der Waals surface area contributed by atoms with Crippen LogP contribution in [-0.2, 0) is 16.1 Å². The smallest absolute Gasteiger partial charge is 0.227 e. The van der Waals surface area contributed by atoms with Gasteiger partial charge in [-0.25, -0.2) is 0 Å². The molecule has 6 heteroatoms. The van der Waals surface area contributed by atoms with Crippen molar-refractivity contribution in [2.75, 3.05) is 11.4 Å². The molecule has 0 aliphatic carbocycles. The fourth-order valence-corrected chi connectivity index (χ4v) is 2.91. The fraction of sp³-hybridized carbons (Fsp3) is 0.294. The first-order valence-electron chi connectivity index (χ1n) is 7.42. The van der Waals surface area contributed by atoms with Crippen LogP contribution in [0.1, 0.15) is 17.7 Å². The maximum Gasteiger partial charge on any atom is 0.227 e. The van der Waals surface area contributed by atoms with Crippen molar-refractivity contribution in [1.29, 1.82) is 0 Å². The summed E-state index contributed by atoms with van der Waals surface area (Å²) in [4.78, 5) is 26.2. The van der Waals surface area contributed by atoms with Gasteiger partial charge >= 0.3 is 0 Å². The normalized spacial score (nSPS) is 17.6. The molecule has 5 nitrogen and oxygen atoms in total. The molecule has 120 valence electrons. The first kappa shape index (κ1) is 15.6. The molecular weight excluding hydrogens is 316 g/mol. The summed E-state index contributed by atoms with van der Waals surface area (Å²) in [7, 11) is 0. The Morgan fingerprint density at radius 3 is 2.96 bits per heavy atom. The first-order chi connectivity index (χ1) is 11.1. The highest BCUT2D eigenvalue weighted by Gasteiger charge is 2.35. The van der Waals surface area contributed by atoms with Gasteiger partial charge in [-0.2, -0.15) is 0 Å². The maximum absolute atomic E-state index is 12.3. The van der Waals surface area contributed by atoms with E-state index in [9.17, 15) is 9.59 Å². The van der Waals surface area contributed by atoms with Gasteiger partial charge in [-0.05, 0) is 36.8 Å². The Bertz CT molecular complexity index is 727. The van der Waals surface area contributed by atoms with E-state index >= 15 is 0 Å². The Labute approximate surface area is 139 Å². The second-order valence-electron chi connectivity index (χ2n) is 5.59. The van der Waals surface area contributed by atoms with E-state index in [2.05, 4.69) is 5.32 Å². The summed E-state index contributed by atoms with van der Waals surface area (Å²) < 4.78 is 5.18. The number of hydrogen-bond acceptors (Lipinski definition) is 3. The number of amides is 2. The maximum atomic E-state index is 12.3. The van der Waals surface area contributed by atoms with Gasteiger partial charge in [0.15, 0.2) is 0 Å². The van der Waals surface area contributed by atoms with E-state index in [4.69, 9.17) is 16.0 Å². The highest BCUT2D eigenvalue weighted by molar-refractivity contribution is 6.31. The van der Waals surface area contributed by atoms with E-state index < -0.39 is 0 Å². The van der Waals surface area contributed by atoms with Gasteiger partial charge in [-0.1, -0.05) is 17.7 Å². The van der Waals surface area contributed by atoms with Crippen molar-refractivity contribution in [3.05, 3.63) is 52.9 Å². The molecule has 3 rings (SSSR count). The molecule has 0 bridgehead atoms. The average Bonchev–Trinajstić information content (AvgIpc) is 3.17. The molecule has 0 spiro atoms. The summed E-state index contributed by atoms with van der Waals surface area (Å²) in [5, 5.41) is 3.42. The zero-order valence-electron chi connectivity index (χ0n) is 12.7. The summed E-state index contributed by atoms with van der Waals surface area (Å²) in [5.41, 5.74) is 1.61. The van der Waals surface area contributed by atoms with Crippen molar-refractivity contribution < 1.29 is 14.0 Å². The number of rotatable bonds is 4. The molecule has 23 heavy (non-hydrogen) atoms. The number of halogens is 1. The van der Waals surface area contributed by atoms with Crippen LogP contribution < -0.4 is 10.2 Å². The second kappa shape index (κ2) is 6.46. The molecule has 2 aromatic rings. The minimum absolute atomic E-state index is 0.0616. The topological polar surface area (TPSA) is 62.6 Å². The predicted molar refractivity (Wildman–Crippen MR) is 87.2 cm³/mol. The van der Waals surface area contributed by atoms with Gasteiger partial charge in [0.1, 0.15) is 5.76 Å². The SMILES string of the molecule is Cc1c(Cl)cccc1N1C[C@H](C(=O)NCc2ccco2)CC1=O. The third-order valence-electron chi connectivity index (χ3n) is 4.04. The molecule has 1 N–H and O–H groups in total. The van der Waals surface area contributed by atoms with Crippen molar-refractivity contribution in [2.45, 2.75) is 19.9 Å². The number of carbonyl (C=O) groups excluding carboxylic acids is 2. The summed E-state index contributed by atoms with van der Waals surface area (Å²) in [6, 6.07) is 9.00. The number of carbonyl (C=O) groups is 2. The molecule has 0 saturated carbocycles. The average molecular weight is 333 g/mol. The zero-order chi connectivity index (χ0) is 16.4. The van der Waals surface area contributed by atoms with Crippen LogP contribution in [0.2, 0.25) is 5.02 Å². The molecule has 1 saturated heterocycles. The molecule has 1 aliphatic heterocycles. The van der Waals surface area contributed by atoms with Gasteiger partial charge in [0, 0.05) is 23.7 Å². The van der Waals surface area contributed by atoms with Gasteiger partial charge in [0.2, 0.25) is 11.8 Å². The lowest BCUT2D eigenvalue weighted by Crippen LogP contribution is -2.32. The lowest BCUT2D eigenvalue weighted by molar-refractivity contribution is -0.126. The van der Waals surface area contributed by atoms with Gasteiger partial charge in [-0.15, -0.1) is 0 Å². The number of benzene rings is 1. The molecule has 1 atom stereocenters. The summed E-state index contributed by atoms with van der Waals surface area (Å²) >= 11 is 6.12. The first-order valence-corrected chi connectivity index (χ1v) is 7.79. The Kier molecular flexibility index (Phi) is 4.39. The third-order valence-corrected chi connectivity index (χ3v) is 4.45. The highest BCUT2D eigenvalue weighted by atomic mass is 35.5. The van der Waals surface area contributed by atoms with E-state index in [-0.39, 0.29) is 24.2 Å². The van der Waals surface area contributed by atoms with Gasteiger partial charge in [0.25, 0.3) is 0 Å². The van der Waals surface area contributed by atoms with Crippen LogP contribution in [0.3, 0.4) is 0 Å². The van der Waals surface area contributed by atoms with Crippen LogP contribution in [0.15, 0.2) is 41.0 Å². The quantitative estimate of drug-likeness (QED) is 0.936. The predicted octanol–water partition coefficient (Wildman–Crippen LogP) is 2.91. The number of nitrogens with one attached hydrogen (secondary N) is 1. The van der Waals surface area contributed by atoms with E-state index in [1.54, 1.807) is 29.4 Å². The van der Waals surface area contributed by atoms with Crippen LogP contribution in [-0.4, -0.2) is 18.4 Å². The largest absolute Gasteiger partial charge is 0.467 e. The molecule has 1 aliphatic rings. The van der Waals surface area contributed by atoms with Crippen molar-refractivity contribution in [1.82, 2.24) is 5.32 Å². The van der Waals surface area contributed by atoms with Gasteiger partial charge < -0.3 is 14.6 Å². The van der Waals surface area contributed by atoms with E-state index in [1.165, 1.54) is 0 Å². The van der Waals surface area contributed by atoms with E-state index in [0.717, 1.165) is 11.3 Å². The van der Waals surface area contributed by atoms with Crippen LogP contribution in [0.25, 0.3) is 0 Å². The molecule has 1 fully saturated rings. The Morgan fingerprint density at radius 1 is 1.39 bits per heavy atom. The van der Waals surface area contributed by atoms with Gasteiger partial charge in [0.05, 0.1) is 18.7 Å². The van der Waals surface area contributed by atoms with Crippen molar-refractivity contribution in [2.24, 2.45) is 5.92 Å². The fourth-order valence-electron chi connectivity index (χ4n) is 2.74. The molecule has 0 radical (unpaired) electrons. The van der Waals surface area contributed by atoms with Crippen LogP contribution >= 0.6 is 11.6 Å². The Balaban J connectivity index is 1.67. The standard InChI is InChI=1S/C17H17ClN2O3/c1-11-14(18)5-2-6-15(11)20-10-12(8-16(20)21)17(22)19-9-13-4-3-7-23-13/h2-7,12H,8-10H2,1H3,(H,19,22)/t12-/m1/s1. The second-order valence-corrected chi connectivity index (χ2v) is 5.99. The number of furan rings is 1. The molecule has 0 unspecified atom stereocenters. The highest BCUT2D eigenvalue weighted by Crippen LogP contribution is 2.31. The third kappa shape index (κ3) is 3.24. The van der Waals surface area contributed by atoms with Crippen LogP contribution in [0, 0.1) is 12.8 Å². The minimum atomic E-state index is -0.365. The molecule has 2 heterocycles. The zero-order valence-corrected chi connectivity index (χ0v) is 13.5. The van der Waals surface area contributed by atoms with Crippen molar-refractivity contribution in [3.8, 4) is 0 Å². The molecule has 1 aromatic carbocycles. The lowest BCUT2D eigenvalue weighted by atomic mass is 10.1. The summed E-state index contributed by atoms with van der Waals surface area (Å²) in [6.07, 6.45) is 1.76. The van der Waals surface area contributed by atoms with Crippen molar-refractivity contribution >= 4 is 29.1 Å². The van der Waals surface area contributed by atoms with Gasteiger partial charge in [-0.3, -0.25) is 9.59 Å². The number of nitrogens with zero attached hydrogens (tertiary/aromatic N) is 1. The lowest BCUT2D eigenvalue weighted by Gasteiger charge is -2.19. The summed E-state index contributed by atoms with van der Waals surface area (Å²) in [6.45, 7) is 2.56. The molecule has 1 aromatic heterocycles. The van der Waals surface area contributed by atoms with E-state index in [0.29, 0.717) is 23.9 Å². The molecule has 2 amide bonds. The number of anilines is 1. The van der Waals surface area contributed by atoms with Crippen LogP contribution in [0.4, 0.5) is 5.69 Å². The Morgan fingerprint density at radius 2 is 2.22 bits per heavy atom. The summed E-state index contributed by atoms with van der Waals surface area (Å²) in [5.74, 6) is 0.117. The minimum Gasteiger partial charge on any atom is -0.467 e.